The molecule has 0 fully saturated rings. The van der Waals surface area contributed by atoms with Gasteiger partial charge in [-0.05, 0) is 24.3 Å². The highest BCUT2D eigenvalue weighted by Gasteiger charge is 2.14. The normalized spacial score (nSPS) is 10.7. The molecule has 0 amide bonds. The van der Waals surface area contributed by atoms with Crippen LogP contribution in [-0.4, -0.2) is 19.9 Å². The number of nitrogens with zero attached hydrogens (tertiary/aromatic N) is 3. The van der Waals surface area contributed by atoms with Gasteiger partial charge in [0.25, 0.3) is 0 Å². The Bertz CT molecular complexity index is 725. The number of aliphatic hydroxyl groups excluding tert-OH is 1. The van der Waals surface area contributed by atoms with E-state index in [0.717, 1.165) is 11.3 Å². The van der Waals surface area contributed by atoms with E-state index in [4.69, 9.17) is 11.6 Å². The highest BCUT2D eigenvalue weighted by Crippen LogP contribution is 2.25. The minimum Gasteiger partial charge on any atom is -0.388 e. The molecule has 0 aliphatic heterocycles. The molecule has 1 aromatic heterocycles. The first kappa shape index (κ1) is 12.8. The van der Waals surface area contributed by atoms with Crippen molar-refractivity contribution in [3.8, 4) is 17.1 Å². The second-order valence-corrected chi connectivity index (χ2v) is 4.72. The monoisotopic (exact) mass is 285 g/mol. The molecular weight excluding hydrogens is 274 g/mol. The second kappa shape index (κ2) is 5.45. The summed E-state index contributed by atoms with van der Waals surface area (Å²) in [6.07, 6.45) is 0. The molecule has 3 rings (SSSR count). The van der Waals surface area contributed by atoms with Gasteiger partial charge in [-0.2, -0.15) is 0 Å². The maximum Gasteiger partial charge on any atom is 0.168 e. The highest BCUT2D eigenvalue weighted by atomic mass is 35.5. The molecular formula is C15H12ClN3O. The zero-order valence-electron chi connectivity index (χ0n) is 10.6. The Hall–Kier alpha value is -2.17. The fourth-order valence-electron chi connectivity index (χ4n) is 2.08. The molecule has 0 unspecified atom stereocenters. The van der Waals surface area contributed by atoms with Gasteiger partial charge < -0.3 is 5.11 Å². The molecule has 0 spiro atoms. The van der Waals surface area contributed by atoms with Gasteiger partial charge in [0.05, 0.1) is 0 Å². The van der Waals surface area contributed by atoms with Gasteiger partial charge in [-0.3, -0.25) is 4.57 Å². The van der Waals surface area contributed by atoms with Crippen molar-refractivity contribution in [1.82, 2.24) is 14.8 Å². The summed E-state index contributed by atoms with van der Waals surface area (Å²) < 4.78 is 1.83. The van der Waals surface area contributed by atoms with Crippen LogP contribution in [0.1, 0.15) is 5.82 Å². The second-order valence-electron chi connectivity index (χ2n) is 4.28. The molecule has 5 heteroatoms. The van der Waals surface area contributed by atoms with Gasteiger partial charge in [0.1, 0.15) is 6.61 Å². The third-order valence-electron chi connectivity index (χ3n) is 2.97. The molecule has 1 heterocycles. The van der Waals surface area contributed by atoms with Crippen LogP contribution in [0.25, 0.3) is 17.1 Å². The van der Waals surface area contributed by atoms with Crippen molar-refractivity contribution >= 4 is 11.6 Å². The van der Waals surface area contributed by atoms with Crippen molar-refractivity contribution in [2.24, 2.45) is 0 Å². The van der Waals surface area contributed by atoms with Crippen LogP contribution in [0, 0.1) is 0 Å². The fraction of sp³-hybridized carbons (Fsp3) is 0.0667. The molecule has 0 bridgehead atoms. The Kier molecular flexibility index (Phi) is 3.50. The molecule has 0 saturated carbocycles. The lowest BCUT2D eigenvalue weighted by Crippen LogP contribution is -2.02. The van der Waals surface area contributed by atoms with Crippen LogP contribution >= 0.6 is 11.6 Å². The van der Waals surface area contributed by atoms with Crippen LogP contribution in [0.3, 0.4) is 0 Å². The summed E-state index contributed by atoms with van der Waals surface area (Å²) in [4.78, 5) is 0. The van der Waals surface area contributed by atoms with E-state index in [0.29, 0.717) is 16.7 Å². The third-order valence-corrected chi connectivity index (χ3v) is 3.20. The van der Waals surface area contributed by atoms with Gasteiger partial charge in [-0.25, -0.2) is 0 Å². The van der Waals surface area contributed by atoms with Crippen molar-refractivity contribution in [3.05, 3.63) is 65.4 Å². The average molecular weight is 286 g/mol. The average Bonchev–Trinajstić information content (AvgIpc) is 2.92. The Morgan fingerprint density at radius 1 is 1.00 bits per heavy atom. The molecule has 20 heavy (non-hydrogen) atoms. The zero-order valence-corrected chi connectivity index (χ0v) is 11.3. The molecule has 2 aromatic carbocycles. The Morgan fingerprint density at radius 3 is 2.50 bits per heavy atom. The van der Waals surface area contributed by atoms with Crippen molar-refractivity contribution in [2.45, 2.75) is 6.61 Å². The summed E-state index contributed by atoms with van der Waals surface area (Å²) >= 11 is 6.03. The molecule has 0 saturated heterocycles. The lowest BCUT2D eigenvalue weighted by molar-refractivity contribution is 0.269. The molecule has 0 radical (unpaired) electrons. The maximum atomic E-state index is 9.45. The molecule has 100 valence electrons. The number of aromatic nitrogens is 3. The van der Waals surface area contributed by atoms with E-state index in [1.54, 1.807) is 6.07 Å². The van der Waals surface area contributed by atoms with Gasteiger partial charge in [0, 0.05) is 16.3 Å². The molecule has 3 aromatic rings. The number of hydrogen-bond donors (Lipinski definition) is 1. The molecule has 4 nitrogen and oxygen atoms in total. The minimum absolute atomic E-state index is 0.178. The summed E-state index contributed by atoms with van der Waals surface area (Å²) in [5.74, 6) is 1.15. The smallest absolute Gasteiger partial charge is 0.168 e. The number of halogens is 1. The van der Waals surface area contributed by atoms with Crippen LogP contribution in [0.5, 0.6) is 0 Å². The Morgan fingerprint density at radius 2 is 1.80 bits per heavy atom. The van der Waals surface area contributed by atoms with Gasteiger partial charge >= 0.3 is 0 Å². The summed E-state index contributed by atoms with van der Waals surface area (Å²) in [5.41, 5.74) is 1.75. The van der Waals surface area contributed by atoms with Crippen LogP contribution in [0.2, 0.25) is 5.02 Å². The first-order valence-electron chi connectivity index (χ1n) is 6.16. The van der Waals surface area contributed by atoms with E-state index in [-0.39, 0.29) is 6.61 Å². The van der Waals surface area contributed by atoms with E-state index >= 15 is 0 Å². The van der Waals surface area contributed by atoms with Crippen LogP contribution in [0.15, 0.2) is 54.6 Å². The molecule has 1 N–H and O–H groups in total. The van der Waals surface area contributed by atoms with E-state index in [9.17, 15) is 5.11 Å². The van der Waals surface area contributed by atoms with E-state index in [1.165, 1.54) is 0 Å². The van der Waals surface area contributed by atoms with E-state index < -0.39 is 0 Å². The van der Waals surface area contributed by atoms with Gasteiger partial charge in [0.2, 0.25) is 0 Å². The van der Waals surface area contributed by atoms with Crippen molar-refractivity contribution in [2.75, 3.05) is 0 Å². The molecule has 0 aliphatic rings. The summed E-state index contributed by atoms with van der Waals surface area (Å²) in [5, 5.41) is 18.3. The maximum absolute atomic E-state index is 9.45. The lowest BCUT2D eigenvalue weighted by atomic mass is 10.2. The summed E-state index contributed by atoms with van der Waals surface area (Å²) in [6.45, 7) is -0.178. The van der Waals surface area contributed by atoms with Crippen molar-refractivity contribution in [1.29, 1.82) is 0 Å². The first-order chi connectivity index (χ1) is 9.79. The highest BCUT2D eigenvalue weighted by molar-refractivity contribution is 6.30. The van der Waals surface area contributed by atoms with Gasteiger partial charge in [0.15, 0.2) is 11.6 Å². The Labute approximate surface area is 121 Å². The minimum atomic E-state index is -0.178. The number of benzene rings is 2. The van der Waals surface area contributed by atoms with Crippen molar-refractivity contribution < 1.29 is 5.11 Å². The Balaban J connectivity index is 2.20. The first-order valence-corrected chi connectivity index (χ1v) is 6.54. The van der Waals surface area contributed by atoms with E-state index in [1.807, 2.05) is 53.1 Å². The zero-order chi connectivity index (χ0) is 13.9. The number of hydrogen-bond acceptors (Lipinski definition) is 3. The SMILES string of the molecule is OCc1nnc(-c2cccc(Cl)c2)n1-c1ccccc1. The van der Waals surface area contributed by atoms with Gasteiger partial charge in [-0.15, -0.1) is 10.2 Å². The largest absolute Gasteiger partial charge is 0.388 e. The van der Waals surface area contributed by atoms with Crippen LogP contribution in [-0.2, 0) is 6.61 Å². The topological polar surface area (TPSA) is 50.9 Å². The quantitative estimate of drug-likeness (QED) is 0.804. The molecule has 0 aliphatic carbocycles. The predicted octanol–water partition coefficient (Wildman–Crippen LogP) is 3.08. The number of rotatable bonds is 3. The third kappa shape index (κ3) is 2.31. The fourth-order valence-corrected chi connectivity index (χ4v) is 2.27. The predicted molar refractivity (Wildman–Crippen MR) is 77.7 cm³/mol. The van der Waals surface area contributed by atoms with Gasteiger partial charge in [-0.1, -0.05) is 41.9 Å². The van der Waals surface area contributed by atoms with Crippen LogP contribution in [0.4, 0.5) is 0 Å². The summed E-state index contributed by atoms with van der Waals surface area (Å²) in [7, 11) is 0. The van der Waals surface area contributed by atoms with E-state index in [2.05, 4.69) is 10.2 Å². The summed E-state index contributed by atoms with van der Waals surface area (Å²) in [6, 6.07) is 17.1. The number of para-hydroxylation sites is 1. The standard InChI is InChI=1S/C15H12ClN3O/c16-12-6-4-5-11(9-12)15-18-17-14(10-20)19(15)13-7-2-1-3-8-13/h1-9,20H,10H2. The van der Waals surface area contributed by atoms with Crippen molar-refractivity contribution in [3.63, 3.8) is 0 Å². The lowest BCUT2D eigenvalue weighted by Gasteiger charge is -2.09. The number of aliphatic hydroxyl groups is 1. The van der Waals surface area contributed by atoms with Crippen LogP contribution < -0.4 is 0 Å². The molecule has 0 atom stereocenters.